The number of hydrogen-bond donors (Lipinski definition) is 2. The van der Waals surface area contributed by atoms with E-state index in [9.17, 15) is 4.79 Å². The Balaban J connectivity index is 2.22. The number of hydrogen-bond acceptors (Lipinski definition) is 3. The number of guanidine groups is 1. The van der Waals surface area contributed by atoms with Gasteiger partial charge in [0.25, 0.3) is 0 Å². The predicted molar refractivity (Wildman–Crippen MR) is 80.6 cm³/mol. The van der Waals surface area contributed by atoms with Crippen molar-refractivity contribution in [1.29, 1.82) is 0 Å². The second-order valence-electron chi connectivity index (χ2n) is 4.54. The van der Waals surface area contributed by atoms with Crippen molar-refractivity contribution in [2.45, 2.75) is 12.8 Å². The molecule has 1 rings (SSSR count). The number of carbonyl (C=O) groups is 1. The fourth-order valence-electron chi connectivity index (χ4n) is 1.59. The van der Waals surface area contributed by atoms with E-state index in [0.717, 1.165) is 18.7 Å². The average molecular weight is 277 g/mol. The molecule has 0 aromatic carbocycles. The number of aromatic nitrogens is 1. The summed E-state index contributed by atoms with van der Waals surface area (Å²) in [7, 11) is 5.22. The van der Waals surface area contributed by atoms with Crippen LogP contribution in [0.3, 0.4) is 0 Å². The van der Waals surface area contributed by atoms with Crippen LogP contribution in [0.2, 0.25) is 0 Å². The number of aliphatic imine (C=N–C) groups is 1. The highest BCUT2D eigenvalue weighted by molar-refractivity contribution is 5.81. The molecule has 6 nitrogen and oxygen atoms in total. The van der Waals surface area contributed by atoms with Gasteiger partial charge in [-0.25, -0.2) is 0 Å². The van der Waals surface area contributed by atoms with Crippen LogP contribution in [0.1, 0.15) is 12.1 Å². The molecular weight excluding hydrogens is 254 g/mol. The molecule has 0 atom stereocenters. The van der Waals surface area contributed by atoms with Crippen LogP contribution in [0.5, 0.6) is 0 Å². The van der Waals surface area contributed by atoms with E-state index in [0.29, 0.717) is 18.9 Å². The molecule has 0 spiro atoms. The Kier molecular flexibility index (Phi) is 7.10. The molecule has 110 valence electrons. The lowest BCUT2D eigenvalue weighted by atomic mass is 10.3. The van der Waals surface area contributed by atoms with Gasteiger partial charge in [0.15, 0.2) is 5.96 Å². The van der Waals surface area contributed by atoms with E-state index < -0.39 is 0 Å². The first-order valence-corrected chi connectivity index (χ1v) is 6.68. The third kappa shape index (κ3) is 6.17. The van der Waals surface area contributed by atoms with Crippen molar-refractivity contribution < 1.29 is 4.79 Å². The van der Waals surface area contributed by atoms with E-state index in [1.165, 1.54) is 0 Å². The fourth-order valence-corrected chi connectivity index (χ4v) is 1.59. The van der Waals surface area contributed by atoms with Crippen molar-refractivity contribution in [3.8, 4) is 0 Å². The van der Waals surface area contributed by atoms with E-state index >= 15 is 0 Å². The molecule has 0 saturated heterocycles. The van der Waals surface area contributed by atoms with Gasteiger partial charge in [-0.05, 0) is 12.1 Å². The van der Waals surface area contributed by atoms with Crippen molar-refractivity contribution in [2.24, 2.45) is 4.99 Å². The van der Waals surface area contributed by atoms with E-state index in [1.54, 1.807) is 32.2 Å². The van der Waals surface area contributed by atoms with Gasteiger partial charge < -0.3 is 15.5 Å². The lowest BCUT2D eigenvalue weighted by molar-refractivity contribution is -0.128. The van der Waals surface area contributed by atoms with Crippen molar-refractivity contribution in [3.63, 3.8) is 0 Å². The van der Waals surface area contributed by atoms with E-state index in [-0.39, 0.29) is 5.91 Å². The van der Waals surface area contributed by atoms with Gasteiger partial charge in [0.2, 0.25) is 5.91 Å². The van der Waals surface area contributed by atoms with Crippen LogP contribution in [0.25, 0.3) is 0 Å². The second-order valence-corrected chi connectivity index (χ2v) is 4.54. The van der Waals surface area contributed by atoms with Gasteiger partial charge >= 0.3 is 0 Å². The Morgan fingerprint density at radius 2 is 2.05 bits per heavy atom. The minimum Gasteiger partial charge on any atom is -0.356 e. The van der Waals surface area contributed by atoms with Crippen LogP contribution >= 0.6 is 0 Å². The number of nitrogens with one attached hydrogen (secondary N) is 2. The maximum atomic E-state index is 11.4. The lowest BCUT2D eigenvalue weighted by Gasteiger charge is -2.13. The van der Waals surface area contributed by atoms with Crippen LogP contribution in [-0.4, -0.2) is 56.0 Å². The highest BCUT2D eigenvalue weighted by Crippen LogP contribution is 1.93. The quantitative estimate of drug-likeness (QED) is 0.578. The zero-order valence-electron chi connectivity index (χ0n) is 12.4. The normalized spacial score (nSPS) is 11.1. The van der Waals surface area contributed by atoms with Gasteiger partial charge in [-0.3, -0.25) is 14.8 Å². The van der Waals surface area contributed by atoms with Crippen LogP contribution in [0, 0.1) is 0 Å². The molecular formula is C14H23N5O. The smallest absolute Gasteiger partial charge is 0.223 e. The van der Waals surface area contributed by atoms with Crippen LogP contribution in [0.15, 0.2) is 29.4 Å². The standard InChI is InChI=1S/C14H23N5O/c1-15-14(18-11-8-13(20)19(2)3)17-10-7-12-6-4-5-9-16-12/h4-6,9H,7-8,10-11H2,1-3H3,(H2,15,17,18). The van der Waals surface area contributed by atoms with Gasteiger partial charge in [0, 0.05) is 59.0 Å². The fraction of sp³-hybridized carbons (Fsp3) is 0.500. The van der Waals surface area contributed by atoms with Crippen LogP contribution in [0.4, 0.5) is 0 Å². The summed E-state index contributed by atoms with van der Waals surface area (Å²) in [6, 6.07) is 5.87. The summed E-state index contributed by atoms with van der Waals surface area (Å²) in [5, 5.41) is 6.31. The maximum absolute atomic E-state index is 11.4. The Bertz CT molecular complexity index is 430. The van der Waals surface area contributed by atoms with Gasteiger partial charge in [-0.2, -0.15) is 0 Å². The third-order valence-electron chi connectivity index (χ3n) is 2.75. The Hall–Kier alpha value is -2.11. The van der Waals surface area contributed by atoms with Gasteiger partial charge in [0.05, 0.1) is 0 Å². The summed E-state index contributed by atoms with van der Waals surface area (Å²) in [5.74, 6) is 0.800. The van der Waals surface area contributed by atoms with Gasteiger partial charge in [-0.15, -0.1) is 0 Å². The van der Waals surface area contributed by atoms with E-state index in [2.05, 4.69) is 20.6 Å². The number of carbonyl (C=O) groups excluding carboxylic acids is 1. The molecule has 0 bridgehead atoms. The number of nitrogens with zero attached hydrogens (tertiary/aromatic N) is 3. The second kappa shape index (κ2) is 8.90. The monoisotopic (exact) mass is 277 g/mol. The van der Waals surface area contributed by atoms with Crippen LogP contribution < -0.4 is 10.6 Å². The molecule has 0 unspecified atom stereocenters. The first kappa shape index (κ1) is 15.9. The first-order chi connectivity index (χ1) is 9.63. The summed E-state index contributed by atoms with van der Waals surface area (Å²) in [5.41, 5.74) is 1.04. The third-order valence-corrected chi connectivity index (χ3v) is 2.75. The Morgan fingerprint density at radius 3 is 2.65 bits per heavy atom. The molecule has 1 heterocycles. The Labute approximate surface area is 120 Å². The minimum absolute atomic E-state index is 0.0986. The summed E-state index contributed by atoms with van der Waals surface area (Å²) in [6.07, 6.45) is 3.07. The largest absolute Gasteiger partial charge is 0.356 e. The number of pyridine rings is 1. The molecule has 0 radical (unpaired) electrons. The molecule has 0 aliphatic rings. The van der Waals surface area contributed by atoms with Crippen molar-refractivity contribution >= 4 is 11.9 Å². The molecule has 20 heavy (non-hydrogen) atoms. The molecule has 0 fully saturated rings. The predicted octanol–water partition coefficient (Wildman–Crippen LogP) is 0.267. The first-order valence-electron chi connectivity index (χ1n) is 6.68. The number of rotatable bonds is 6. The zero-order valence-corrected chi connectivity index (χ0v) is 12.4. The molecule has 6 heteroatoms. The summed E-state index contributed by atoms with van der Waals surface area (Å²) in [4.78, 5) is 21.4. The van der Waals surface area contributed by atoms with Gasteiger partial charge in [0.1, 0.15) is 0 Å². The number of amides is 1. The minimum atomic E-state index is 0.0986. The van der Waals surface area contributed by atoms with Gasteiger partial charge in [-0.1, -0.05) is 6.07 Å². The molecule has 2 N–H and O–H groups in total. The molecule has 0 aliphatic heterocycles. The van der Waals surface area contributed by atoms with Crippen molar-refractivity contribution in [1.82, 2.24) is 20.5 Å². The molecule has 1 aromatic heterocycles. The molecule has 1 aromatic rings. The molecule has 0 saturated carbocycles. The zero-order chi connectivity index (χ0) is 14.8. The lowest BCUT2D eigenvalue weighted by Crippen LogP contribution is -2.40. The topological polar surface area (TPSA) is 69.6 Å². The summed E-state index contributed by atoms with van der Waals surface area (Å²) < 4.78 is 0. The van der Waals surface area contributed by atoms with E-state index in [4.69, 9.17) is 0 Å². The van der Waals surface area contributed by atoms with Crippen molar-refractivity contribution in [3.05, 3.63) is 30.1 Å². The summed E-state index contributed by atoms with van der Waals surface area (Å²) >= 11 is 0. The average Bonchev–Trinajstić information content (AvgIpc) is 2.46. The summed E-state index contributed by atoms with van der Waals surface area (Å²) in [6.45, 7) is 1.32. The van der Waals surface area contributed by atoms with E-state index in [1.807, 2.05) is 18.2 Å². The van der Waals surface area contributed by atoms with Crippen molar-refractivity contribution in [2.75, 3.05) is 34.2 Å². The highest BCUT2D eigenvalue weighted by atomic mass is 16.2. The SMILES string of the molecule is CN=C(NCCC(=O)N(C)C)NCCc1ccccn1. The molecule has 1 amide bonds. The Morgan fingerprint density at radius 1 is 1.30 bits per heavy atom. The maximum Gasteiger partial charge on any atom is 0.223 e. The molecule has 0 aliphatic carbocycles. The van der Waals surface area contributed by atoms with Crippen LogP contribution in [-0.2, 0) is 11.2 Å². The highest BCUT2D eigenvalue weighted by Gasteiger charge is 2.04.